The molecule has 0 atom stereocenters. The summed E-state index contributed by atoms with van der Waals surface area (Å²) in [6.07, 6.45) is 11.5. The van der Waals surface area contributed by atoms with E-state index < -0.39 is 5.97 Å². The number of thiazole rings is 1. The standard InChI is InChI=1S/C24H32N2O3S/c27-23(28)14-15-26(20-8-4-5-9-20)24-25-22(17-30-24)19-10-12-21(13-11-19)29-16-18-6-2-1-3-7-18/h10-13,17-18,20H,1-9,14-16H2,(H,27,28). The van der Waals surface area contributed by atoms with Crippen LogP contribution in [0.5, 0.6) is 5.75 Å². The number of rotatable bonds is 9. The molecule has 2 saturated carbocycles. The highest BCUT2D eigenvalue weighted by Crippen LogP contribution is 2.34. The van der Waals surface area contributed by atoms with Gasteiger partial charge in [0.1, 0.15) is 5.75 Å². The zero-order valence-corrected chi connectivity index (χ0v) is 18.4. The number of carboxylic acids is 1. The van der Waals surface area contributed by atoms with E-state index in [-0.39, 0.29) is 6.42 Å². The van der Waals surface area contributed by atoms with Crippen molar-refractivity contribution in [2.45, 2.75) is 70.3 Å². The second-order valence-corrected chi connectivity index (χ2v) is 9.47. The number of carboxylic acid groups (broad SMARTS) is 1. The van der Waals surface area contributed by atoms with Crippen molar-refractivity contribution < 1.29 is 14.6 Å². The Hall–Kier alpha value is -2.08. The fraction of sp³-hybridized carbons (Fsp3) is 0.583. The molecule has 1 N–H and O–H groups in total. The molecule has 1 aromatic carbocycles. The van der Waals surface area contributed by atoms with Crippen LogP contribution in [0.25, 0.3) is 11.3 Å². The molecular formula is C24H32N2O3S. The van der Waals surface area contributed by atoms with E-state index in [2.05, 4.69) is 22.4 Å². The average Bonchev–Trinajstić information content (AvgIpc) is 3.47. The summed E-state index contributed by atoms with van der Waals surface area (Å²) < 4.78 is 6.02. The summed E-state index contributed by atoms with van der Waals surface area (Å²) in [6.45, 7) is 1.35. The van der Waals surface area contributed by atoms with E-state index in [9.17, 15) is 4.79 Å². The molecule has 2 aliphatic rings. The van der Waals surface area contributed by atoms with Crippen molar-refractivity contribution in [3.8, 4) is 17.0 Å². The second kappa shape index (κ2) is 10.3. The zero-order valence-electron chi connectivity index (χ0n) is 17.6. The van der Waals surface area contributed by atoms with Crippen LogP contribution in [-0.2, 0) is 4.79 Å². The lowest BCUT2D eigenvalue weighted by atomic mass is 9.90. The minimum Gasteiger partial charge on any atom is -0.493 e. The lowest BCUT2D eigenvalue weighted by Gasteiger charge is -2.28. The lowest BCUT2D eigenvalue weighted by Crippen LogP contribution is -2.35. The van der Waals surface area contributed by atoms with Gasteiger partial charge in [-0.1, -0.05) is 32.1 Å². The predicted octanol–water partition coefficient (Wildman–Crippen LogP) is 5.99. The van der Waals surface area contributed by atoms with Gasteiger partial charge in [-0.25, -0.2) is 4.98 Å². The van der Waals surface area contributed by atoms with E-state index in [1.807, 2.05) is 12.1 Å². The monoisotopic (exact) mass is 428 g/mol. The van der Waals surface area contributed by atoms with E-state index >= 15 is 0 Å². The molecule has 1 heterocycles. The molecule has 0 bridgehead atoms. The Labute approximate surface area is 183 Å². The quantitative estimate of drug-likeness (QED) is 0.531. The van der Waals surface area contributed by atoms with Crippen LogP contribution in [0.15, 0.2) is 29.6 Å². The van der Waals surface area contributed by atoms with Crippen molar-refractivity contribution in [2.75, 3.05) is 18.1 Å². The van der Waals surface area contributed by atoms with Gasteiger partial charge in [-0.15, -0.1) is 11.3 Å². The smallest absolute Gasteiger partial charge is 0.305 e. The van der Waals surface area contributed by atoms with Gasteiger partial charge in [0, 0.05) is 23.5 Å². The molecule has 0 unspecified atom stereocenters. The first-order valence-electron chi connectivity index (χ1n) is 11.4. The van der Waals surface area contributed by atoms with Crippen LogP contribution in [-0.4, -0.2) is 35.3 Å². The molecule has 2 aliphatic carbocycles. The first-order valence-corrected chi connectivity index (χ1v) is 12.2. The first-order chi connectivity index (χ1) is 14.7. The van der Waals surface area contributed by atoms with Crippen LogP contribution in [0.3, 0.4) is 0 Å². The first kappa shape index (κ1) is 21.2. The maximum Gasteiger partial charge on any atom is 0.305 e. The molecule has 162 valence electrons. The van der Waals surface area contributed by atoms with Crippen LogP contribution in [0.4, 0.5) is 5.13 Å². The summed E-state index contributed by atoms with van der Waals surface area (Å²) in [5, 5.41) is 12.2. The molecule has 0 radical (unpaired) electrons. The normalized spacial score (nSPS) is 17.9. The lowest BCUT2D eigenvalue weighted by molar-refractivity contribution is -0.136. The third kappa shape index (κ3) is 5.54. The Balaban J connectivity index is 1.39. The van der Waals surface area contributed by atoms with Gasteiger partial charge in [0.25, 0.3) is 0 Å². The fourth-order valence-electron chi connectivity index (χ4n) is 4.69. The predicted molar refractivity (Wildman–Crippen MR) is 121 cm³/mol. The molecule has 0 saturated heterocycles. The molecular weight excluding hydrogens is 396 g/mol. The van der Waals surface area contributed by atoms with E-state index in [1.165, 1.54) is 44.9 Å². The van der Waals surface area contributed by atoms with Gasteiger partial charge in [-0.2, -0.15) is 0 Å². The molecule has 30 heavy (non-hydrogen) atoms. The summed E-state index contributed by atoms with van der Waals surface area (Å²) >= 11 is 1.61. The zero-order chi connectivity index (χ0) is 20.8. The summed E-state index contributed by atoms with van der Waals surface area (Å²) in [7, 11) is 0. The number of aromatic nitrogens is 1. The molecule has 2 aromatic rings. The summed E-state index contributed by atoms with van der Waals surface area (Å²) in [4.78, 5) is 18.2. The van der Waals surface area contributed by atoms with E-state index in [4.69, 9.17) is 14.8 Å². The maximum absolute atomic E-state index is 11.1. The molecule has 4 rings (SSSR count). The summed E-state index contributed by atoms with van der Waals surface area (Å²) in [5.74, 6) is 0.874. The third-order valence-electron chi connectivity index (χ3n) is 6.43. The SMILES string of the molecule is O=C(O)CCN(c1nc(-c2ccc(OCC3CCCCC3)cc2)cs1)C1CCCC1. The van der Waals surface area contributed by atoms with Crippen molar-refractivity contribution in [1.82, 2.24) is 4.98 Å². The average molecular weight is 429 g/mol. The van der Waals surface area contributed by atoms with Crippen molar-refractivity contribution in [2.24, 2.45) is 5.92 Å². The number of aliphatic carboxylic acids is 1. The number of anilines is 1. The fourth-order valence-corrected chi connectivity index (χ4v) is 5.62. The molecule has 0 aliphatic heterocycles. The van der Waals surface area contributed by atoms with Crippen molar-refractivity contribution >= 4 is 22.4 Å². The third-order valence-corrected chi connectivity index (χ3v) is 7.31. The molecule has 2 fully saturated rings. The minimum atomic E-state index is -0.751. The van der Waals surface area contributed by atoms with Gasteiger partial charge in [0.15, 0.2) is 5.13 Å². The van der Waals surface area contributed by atoms with Crippen LogP contribution in [0.2, 0.25) is 0 Å². The van der Waals surface area contributed by atoms with Crippen LogP contribution < -0.4 is 9.64 Å². The molecule has 6 heteroatoms. The summed E-state index contributed by atoms with van der Waals surface area (Å²) in [5.41, 5.74) is 2.03. The Morgan fingerprint density at radius 1 is 1.07 bits per heavy atom. The Kier molecular flexibility index (Phi) is 7.26. The number of carbonyl (C=O) groups is 1. The highest BCUT2D eigenvalue weighted by atomic mass is 32.1. The van der Waals surface area contributed by atoms with Gasteiger partial charge in [0.05, 0.1) is 18.7 Å². The topological polar surface area (TPSA) is 62.7 Å². The Morgan fingerprint density at radius 3 is 2.47 bits per heavy atom. The number of nitrogens with zero attached hydrogens (tertiary/aromatic N) is 2. The number of hydrogen-bond donors (Lipinski definition) is 1. The number of ether oxygens (including phenoxy) is 1. The largest absolute Gasteiger partial charge is 0.493 e. The highest BCUT2D eigenvalue weighted by Gasteiger charge is 2.25. The minimum absolute atomic E-state index is 0.151. The van der Waals surface area contributed by atoms with Gasteiger partial charge in [-0.3, -0.25) is 4.79 Å². The summed E-state index contributed by atoms with van der Waals surface area (Å²) in [6, 6.07) is 8.64. The van der Waals surface area contributed by atoms with Crippen LogP contribution in [0, 0.1) is 5.92 Å². The van der Waals surface area contributed by atoms with Crippen molar-refractivity contribution in [1.29, 1.82) is 0 Å². The number of benzene rings is 1. The molecule has 0 spiro atoms. The highest BCUT2D eigenvalue weighted by molar-refractivity contribution is 7.14. The van der Waals surface area contributed by atoms with Crippen molar-refractivity contribution in [3.63, 3.8) is 0 Å². The Morgan fingerprint density at radius 2 is 1.77 bits per heavy atom. The molecule has 0 amide bonds. The maximum atomic E-state index is 11.1. The van der Waals surface area contributed by atoms with Crippen LogP contribution >= 0.6 is 11.3 Å². The van der Waals surface area contributed by atoms with Gasteiger partial charge in [0.2, 0.25) is 0 Å². The van der Waals surface area contributed by atoms with E-state index in [0.29, 0.717) is 18.5 Å². The van der Waals surface area contributed by atoms with Gasteiger partial charge < -0.3 is 14.7 Å². The molecule has 5 nitrogen and oxygen atoms in total. The van der Waals surface area contributed by atoms with Crippen LogP contribution in [0.1, 0.15) is 64.2 Å². The van der Waals surface area contributed by atoms with Crippen molar-refractivity contribution in [3.05, 3.63) is 29.6 Å². The van der Waals surface area contributed by atoms with E-state index in [0.717, 1.165) is 41.6 Å². The Bertz CT molecular complexity index is 808. The van der Waals surface area contributed by atoms with Gasteiger partial charge in [-0.05, 0) is 55.9 Å². The van der Waals surface area contributed by atoms with E-state index in [1.54, 1.807) is 11.3 Å². The number of hydrogen-bond acceptors (Lipinski definition) is 5. The second-order valence-electron chi connectivity index (χ2n) is 8.63. The molecule has 1 aromatic heterocycles. The van der Waals surface area contributed by atoms with Gasteiger partial charge >= 0.3 is 5.97 Å².